The molecule has 1 aromatic heterocycles. The largest absolute Gasteiger partial charge is 0.437 e. The number of hydrogen-bond acceptors (Lipinski definition) is 7. The lowest BCUT2D eigenvalue weighted by Crippen LogP contribution is -2.44. The fourth-order valence-electron chi connectivity index (χ4n) is 2.51. The van der Waals surface area contributed by atoms with E-state index in [-0.39, 0.29) is 11.0 Å². The van der Waals surface area contributed by atoms with Crippen LogP contribution in [0, 0.1) is 0 Å². The fraction of sp³-hybridized carbons (Fsp3) is 0.312. The van der Waals surface area contributed by atoms with Gasteiger partial charge in [0.15, 0.2) is 0 Å². The summed E-state index contributed by atoms with van der Waals surface area (Å²) in [6.07, 6.45) is 0.764. The molecular weight excluding hydrogens is 346 g/mol. The molecular formula is C16H18ClN5O3. The first-order valence-corrected chi connectivity index (χ1v) is 8.10. The van der Waals surface area contributed by atoms with E-state index in [0.717, 1.165) is 31.9 Å². The molecule has 0 bridgehead atoms. The van der Waals surface area contributed by atoms with Gasteiger partial charge in [0, 0.05) is 32.2 Å². The standard InChI is InChI=1S/C16H18ClN5O3/c1-21-5-7-22(8-6-21)13-10-19-15(17)20-14(13)24-11-3-2-4-12(9-11)25-16(18)23/h2-4,9-10H,5-8H2,1H3,(H2,18,23). The van der Waals surface area contributed by atoms with Crippen LogP contribution in [0.5, 0.6) is 17.4 Å². The van der Waals surface area contributed by atoms with Crippen molar-refractivity contribution in [2.24, 2.45) is 5.73 Å². The molecule has 3 rings (SSSR count). The van der Waals surface area contributed by atoms with Crippen molar-refractivity contribution in [1.82, 2.24) is 14.9 Å². The number of benzene rings is 1. The molecule has 25 heavy (non-hydrogen) atoms. The van der Waals surface area contributed by atoms with Gasteiger partial charge in [0.2, 0.25) is 11.2 Å². The minimum atomic E-state index is -0.889. The Kier molecular flexibility index (Phi) is 5.20. The summed E-state index contributed by atoms with van der Waals surface area (Å²) in [4.78, 5) is 23.5. The molecule has 9 heteroatoms. The third kappa shape index (κ3) is 4.49. The number of halogens is 1. The van der Waals surface area contributed by atoms with Crippen molar-refractivity contribution in [3.05, 3.63) is 35.7 Å². The number of aromatic nitrogens is 2. The van der Waals surface area contributed by atoms with Gasteiger partial charge in [-0.1, -0.05) is 6.07 Å². The van der Waals surface area contributed by atoms with Gasteiger partial charge in [-0.2, -0.15) is 4.98 Å². The third-order valence-corrected chi connectivity index (χ3v) is 3.97. The van der Waals surface area contributed by atoms with Crippen LogP contribution in [0.2, 0.25) is 5.28 Å². The molecule has 1 amide bonds. The van der Waals surface area contributed by atoms with Gasteiger partial charge >= 0.3 is 6.09 Å². The highest BCUT2D eigenvalue weighted by Crippen LogP contribution is 2.32. The van der Waals surface area contributed by atoms with E-state index >= 15 is 0 Å². The van der Waals surface area contributed by atoms with Gasteiger partial charge in [0.1, 0.15) is 17.2 Å². The zero-order valence-electron chi connectivity index (χ0n) is 13.7. The molecule has 1 aromatic carbocycles. The summed E-state index contributed by atoms with van der Waals surface area (Å²) in [5.74, 6) is 1.08. The van der Waals surface area contributed by atoms with Gasteiger partial charge in [-0.3, -0.25) is 0 Å². The van der Waals surface area contributed by atoms with Crippen LogP contribution in [0.4, 0.5) is 10.5 Å². The van der Waals surface area contributed by atoms with E-state index in [1.807, 2.05) is 0 Å². The molecule has 0 aliphatic carbocycles. The summed E-state index contributed by atoms with van der Waals surface area (Å²) in [7, 11) is 2.08. The Bertz CT molecular complexity index is 765. The Morgan fingerprint density at radius 2 is 1.96 bits per heavy atom. The van der Waals surface area contributed by atoms with Crippen LogP contribution in [0.15, 0.2) is 30.5 Å². The molecule has 2 aromatic rings. The highest BCUT2D eigenvalue weighted by atomic mass is 35.5. The maximum atomic E-state index is 10.9. The smallest absolute Gasteiger partial charge is 0.409 e. The van der Waals surface area contributed by atoms with Crippen molar-refractivity contribution in [3.63, 3.8) is 0 Å². The lowest BCUT2D eigenvalue weighted by molar-refractivity contribution is 0.211. The van der Waals surface area contributed by atoms with Crippen molar-refractivity contribution < 1.29 is 14.3 Å². The Labute approximate surface area is 150 Å². The Hall–Kier alpha value is -2.58. The van der Waals surface area contributed by atoms with Crippen molar-refractivity contribution >= 4 is 23.4 Å². The predicted molar refractivity (Wildman–Crippen MR) is 93.5 cm³/mol. The van der Waals surface area contributed by atoms with Crippen LogP contribution in [-0.2, 0) is 0 Å². The third-order valence-electron chi connectivity index (χ3n) is 3.79. The van der Waals surface area contributed by atoms with Crippen LogP contribution in [0.1, 0.15) is 0 Å². The minimum absolute atomic E-state index is 0.0948. The van der Waals surface area contributed by atoms with Crippen molar-refractivity contribution in [2.75, 3.05) is 38.1 Å². The monoisotopic (exact) mass is 363 g/mol. The highest BCUT2D eigenvalue weighted by molar-refractivity contribution is 6.28. The summed E-state index contributed by atoms with van der Waals surface area (Å²) in [5, 5.41) is 0.0948. The number of rotatable bonds is 4. The lowest BCUT2D eigenvalue weighted by Gasteiger charge is -2.34. The number of likely N-dealkylation sites (N-methyl/N-ethyl adjacent to an activating group) is 1. The van der Waals surface area contributed by atoms with Crippen LogP contribution in [0.25, 0.3) is 0 Å². The molecule has 2 heterocycles. The minimum Gasteiger partial charge on any atom is -0.437 e. The Morgan fingerprint density at radius 3 is 2.68 bits per heavy atom. The lowest BCUT2D eigenvalue weighted by atomic mass is 10.3. The second kappa shape index (κ2) is 7.54. The molecule has 2 N–H and O–H groups in total. The van der Waals surface area contributed by atoms with Crippen molar-refractivity contribution in [3.8, 4) is 17.4 Å². The van der Waals surface area contributed by atoms with Gasteiger partial charge in [-0.25, -0.2) is 9.78 Å². The molecule has 0 spiro atoms. The van der Waals surface area contributed by atoms with Crippen molar-refractivity contribution in [1.29, 1.82) is 0 Å². The molecule has 8 nitrogen and oxygen atoms in total. The van der Waals surface area contributed by atoms with E-state index in [4.69, 9.17) is 26.8 Å². The van der Waals surface area contributed by atoms with Crippen LogP contribution >= 0.6 is 11.6 Å². The molecule has 0 atom stereocenters. The number of ether oxygens (including phenoxy) is 2. The number of amides is 1. The first-order chi connectivity index (χ1) is 12.0. The quantitative estimate of drug-likeness (QED) is 0.831. The van der Waals surface area contributed by atoms with Gasteiger partial charge in [0.25, 0.3) is 0 Å². The summed E-state index contributed by atoms with van der Waals surface area (Å²) in [5.41, 5.74) is 5.79. The van der Waals surface area contributed by atoms with E-state index in [9.17, 15) is 4.79 Å². The van der Waals surface area contributed by atoms with E-state index in [1.54, 1.807) is 30.5 Å². The second-order valence-corrected chi connectivity index (χ2v) is 5.96. The normalized spacial score (nSPS) is 15.0. The first kappa shape index (κ1) is 17.2. The van der Waals surface area contributed by atoms with E-state index in [0.29, 0.717) is 11.6 Å². The van der Waals surface area contributed by atoms with E-state index in [1.165, 1.54) is 0 Å². The topological polar surface area (TPSA) is 93.8 Å². The number of carbonyl (C=O) groups excluding carboxylic acids is 1. The predicted octanol–water partition coefficient (Wildman–Crippen LogP) is 2.13. The van der Waals surface area contributed by atoms with Gasteiger partial charge in [-0.15, -0.1) is 0 Å². The average Bonchev–Trinajstić information content (AvgIpc) is 2.56. The fourth-order valence-corrected chi connectivity index (χ4v) is 2.63. The summed E-state index contributed by atoms with van der Waals surface area (Å²) in [6, 6.07) is 6.56. The molecule has 1 saturated heterocycles. The maximum absolute atomic E-state index is 10.9. The number of hydrogen-bond donors (Lipinski definition) is 1. The van der Waals surface area contributed by atoms with Crippen LogP contribution in [-0.4, -0.2) is 54.2 Å². The Balaban J connectivity index is 1.84. The molecule has 0 unspecified atom stereocenters. The molecule has 132 valence electrons. The molecule has 1 aliphatic heterocycles. The first-order valence-electron chi connectivity index (χ1n) is 7.72. The summed E-state index contributed by atoms with van der Waals surface area (Å²) >= 11 is 5.93. The van der Waals surface area contributed by atoms with E-state index in [2.05, 4.69) is 26.8 Å². The maximum Gasteiger partial charge on any atom is 0.409 e. The SMILES string of the molecule is CN1CCN(c2cnc(Cl)nc2Oc2cccc(OC(N)=O)c2)CC1. The number of anilines is 1. The van der Waals surface area contributed by atoms with Gasteiger partial charge < -0.3 is 25.0 Å². The average molecular weight is 364 g/mol. The second-order valence-electron chi connectivity index (χ2n) is 5.62. The Morgan fingerprint density at radius 1 is 1.24 bits per heavy atom. The number of nitrogens with zero attached hydrogens (tertiary/aromatic N) is 4. The number of carbonyl (C=O) groups is 1. The van der Waals surface area contributed by atoms with Crippen LogP contribution in [0.3, 0.4) is 0 Å². The summed E-state index contributed by atoms with van der Waals surface area (Å²) in [6.45, 7) is 3.54. The number of nitrogens with two attached hydrogens (primary N) is 1. The van der Waals surface area contributed by atoms with E-state index < -0.39 is 6.09 Å². The zero-order valence-corrected chi connectivity index (χ0v) is 14.4. The summed E-state index contributed by atoms with van der Waals surface area (Å²) < 4.78 is 10.7. The number of primary amides is 1. The van der Waals surface area contributed by atoms with Crippen LogP contribution < -0.4 is 20.1 Å². The zero-order chi connectivity index (χ0) is 17.8. The van der Waals surface area contributed by atoms with Crippen molar-refractivity contribution in [2.45, 2.75) is 0 Å². The molecule has 0 saturated carbocycles. The molecule has 1 aliphatic rings. The molecule has 1 fully saturated rings. The number of piperazine rings is 1. The van der Waals surface area contributed by atoms with Gasteiger partial charge in [-0.05, 0) is 30.8 Å². The molecule has 0 radical (unpaired) electrons. The highest BCUT2D eigenvalue weighted by Gasteiger charge is 2.20. The van der Waals surface area contributed by atoms with Gasteiger partial charge in [0.05, 0.1) is 6.20 Å².